The van der Waals surface area contributed by atoms with E-state index in [9.17, 15) is 5.11 Å². The summed E-state index contributed by atoms with van der Waals surface area (Å²) in [5.41, 5.74) is 3.87. The minimum absolute atomic E-state index is 0.272. The van der Waals surface area contributed by atoms with E-state index in [0.29, 0.717) is 6.04 Å². The maximum absolute atomic E-state index is 9.48. The minimum atomic E-state index is 0.272. The summed E-state index contributed by atoms with van der Waals surface area (Å²) in [5.74, 6) is 0.957. The second-order valence-electron chi connectivity index (χ2n) is 5.48. The van der Waals surface area contributed by atoms with Gasteiger partial charge in [-0.2, -0.15) is 0 Å². The van der Waals surface area contributed by atoms with Crippen LogP contribution >= 0.6 is 0 Å². The lowest BCUT2D eigenvalue weighted by Crippen LogP contribution is -2.41. The molecular formula is C16H25NO2. The number of nitrogens with zero attached hydrogens (tertiary/aromatic N) is 1. The molecule has 1 aromatic carbocycles. The maximum Gasteiger partial charge on any atom is 0.122 e. The standard InChI is InChI=1S/C16H25NO2/c1-12-13(2)16(19-3)8-7-14(12)10-17-9-5-4-6-15(17)11-18/h7-8,15,18H,4-6,9-11H2,1-3H3/t15-/m0/s1. The third-order valence-corrected chi connectivity index (χ3v) is 4.40. The number of hydrogen-bond acceptors (Lipinski definition) is 3. The highest BCUT2D eigenvalue weighted by Crippen LogP contribution is 2.26. The molecule has 0 aliphatic carbocycles. The predicted octanol–water partition coefficient (Wildman–Crippen LogP) is 2.66. The highest BCUT2D eigenvalue weighted by molar-refractivity contribution is 5.43. The van der Waals surface area contributed by atoms with Crippen molar-refractivity contribution >= 4 is 0 Å². The van der Waals surface area contributed by atoms with Crippen molar-refractivity contribution in [1.29, 1.82) is 0 Å². The average Bonchev–Trinajstić information content (AvgIpc) is 2.45. The van der Waals surface area contributed by atoms with E-state index in [1.165, 1.54) is 29.5 Å². The molecule has 1 aliphatic heterocycles. The van der Waals surface area contributed by atoms with E-state index in [2.05, 4.69) is 30.9 Å². The molecule has 0 bridgehead atoms. The first-order chi connectivity index (χ1) is 9.17. The Hall–Kier alpha value is -1.06. The molecular weight excluding hydrogens is 238 g/mol. The van der Waals surface area contributed by atoms with Gasteiger partial charge in [0, 0.05) is 12.6 Å². The van der Waals surface area contributed by atoms with Crippen LogP contribution in [-0.4, -0.2) is 36.3 Å². The van der Waals surface area contributed by atoms with E-state index in [0.717, 1.165) is 25.3 Å². The average molecular weight is 263 g/mol. The molecule has 2 rings (SSSR count). The van der Waals surface area contributed by atoms with Crippen LogP contribution in [0, 0.1) is 13.8 Å². The zero-order chi connectivity index (χ0) is 13.8. The molecule has 0 unspecified atom stereocenters. The van der Waals surface area contributed by atoms with Gasteiger partial charge in [-0.25, -0.2) is 0 Å². The molecule has 1 aromatic rings. The SMILES string of the molecule is COc1ccc(CN2CCCC[C@H]2CO)c(C)c1C. The lowest BCUT2D eigenvalue weighted by atomic mass is 9.98. The molecule has 1 atom stereocenters. The van der Waals surface area contributed by atoms with Crippen LogP contribution in [0.1, 0.15) is 36.0 Å². The molecule has 1 heterocycles. The molecule has 0 spiro atoms. The Morgan fingerprint density at radius 1 is 1.26 bits per heavy atom. The normalized spacial score (nSPS) is 20.5. The number of ether oxygens (including phenoxy) is 1. The molecule has 1 fully saturated rings. The summed E-state index contributed by atoms with van der Waals surface area (Å²) in [6.45, 7) is 6.56. The first-order valence-corrected chi connectivity index (χ1v) is 7.15. The summed E-state index contributed by atoms with van der Waals surface area (Å²) in [6, 6.07) is 4.54. The summed E-state index contributed by atoms with van der Waals surface area (Å²) < 4.78 is 5.36. The quantitative estimate of drug-likeness (QED) is 0.906. The van der Waals surface area contributed by atoms with Crippen molar-refractivity contribution in [2.75, 3.05) is 20.3 Å². The van der Waals surface area contributed by atoms with Gasteiger partial charge in [-0.05, 0) is 56.0 Å². The number of hydrogen-bond donors (Lipinski definition) is 1. The summed E-state index contributed by atoms with van der Waals surface area (Å²) in [5, 5.41) is 9.48. The Balaban J connectivity index is 2.16. The summed E-state index contributed by atoms with van der Waals surface area (Å²) in [6.07, 6.45) is 3.59. The largest absolute Gasteiger partial charge is 0.496 e. The fraction of sp³-hybridized carbons (Fsp3) is 0.625. The number of methoxy groups -OCH3 is 1. The molecule has 0 aromatic heterocycles. The van der Waals surface area contributed by atoms with Crippen molar-refractivity contribution in [1.82, 2.24) is 4.90 Å². The molecule has 1 aliphatic rings. The van der Waals surface area contributed by atoms with Crippen molar-refractivity contribution in [2.24, 2.45) is 0 Å². The van der Waals surface area contributed by atoms with Crippen LogP contribution in [0.2, 0.25) is 0 Å². The Morgan fingerprint density at radius 3 is 2.74 bits per heavy atom. The van der Waals surface area contributed by atoms with Gasteiger partial charge < -0.3 is 9.84 Å². The van der Waals surface area contributed by atoms with Crippen LogP contribution in [-0.2, 0) is 6.54 Å². The van der Waals surface area contributed by atoms with Gasteiger partial charge in [-0.15, -0.1) is 0 Å². The summed E-state index contributed by atoms with van der Waals surface area (Å²) in [7, 11) is 1.72. The number of rotatable bonds is 4. The molecule has 3 heteroatoms. The van der Waals surface area contributed by atoms with Crippen molar-refractivity contribution < 1.29 is 9.84 Å². The molecule has 0 amide bonds. The van der Waals surface area contributed by atoms with E-state index in [-0.39, 0.29) is 6.61 Å². The van der Waals surface area contributed by atoms with E-state index in [1.54, 1.807) is 7.11 Å². The fourth-order valence-corrected chi connectivity index (χ4v) is 2.94. The number of piperidine rings is 1. The van der Waals surface area contributed by atoms with Gasteiger partial charge in [-0.3, -0.25) is 4.90 Å². The second kappa shape index (κ2) is 6.40. The van der Waals surface area contributed by atoms with E-state index >= 15 is 0 Å². The molecule has 0 saturated carbocycles. The van der Waals surface area contributed by atoms with Gasteiger partial charge in [0.15, 0.2) is 0 Å². The number of benzene rings is 1. The van der Waals surface area contributed by atoms with Crippen molar-refractivity contribution in [2.45, 2.75) is 45.7 Å². The van der Waals surface area contributed by atoms with Gasteiger partial charge in [0.1, 0.15) is 5.75 Å². The lowest BCUT2D eigenvalue weighted by molar-refractivity contribution is 0.0839. The first-order valence-electron chi connectivity index (χ1n) is 7.15. The number of aliphatic hydroxyl groups is 1. The van der Waals surface area contributed by atoms with E-state index in [4.69, 9.17) is 4.74 Å². The zero-order valence-corrected chi connectivity index (χ0v) is 12.3. The van der Waals surface area contributed by atoms with Crippen molar-refractivity contribution in [3.8, 4) is 5.75 Å². The van der Waals surface area contributed by atoms with Crippen LogP contribution in [0.25, 0.3) is 0 Å². The van der Waals surface area contributed by atoms with Gasteiger partial charge in [0.25, 0.3) is 0 Å². The molecule has 0 radical (unpaired) electrons. The molecule has 1 N–H and O–H groups in total. The maximum atomic E-state index is 9.48. The van der Waals surface area contributed by atoms with Gasteiger partial charge in [0.05, 0.1) is 13.7 Å². The zero-order valence-electron chi connectivity index (χ0n) is 12.3. The Morgan fingerprint density at radius 2 is 2.05 bits per heavy atom. The minimum Gasteiger partial charge on any atom is -0.496 e. The predicted molar refractivity (Wildman–Crippen MR) is 77.6 cm³/mol. The fourth-order valence-electron chi connectivity index (χ4n) is 2.94. The smallest absolute Gasteiger partial charge is 0.122 e. The van der Waals surface area contributed by atoms with Gasteiger partial charge in [0.2, 0.25) is 0 Å². The highest BCUT2D eigenvalue weighted by atomic mass is 16.5. The van der Waals surface area contributed by atoms with Crippen molar-refractivity contribution in [3.63, 3.8) is 0 Å². The van der Waals surface area contributed by atoms with Crippen LogP contribution in [0.4, 0.5) is 0 Å². The van der Waals surface area contributed by atoms with Gasteiger partial charge >= 0.3 is 0 Å². The summed E-state index contributed by atoms with van der Waals surface area (Å²) in [4.78, 5) is 2.41. The lowest BCUT2D eigenvalue weighted by Gasteiger charge is -2.35. The Bertz CT molecular complexity index is 431. The highest BCUT2D eigenvalue weighted by Gasteiger charge is 2.22. The van der Waals surface area contributed by atoms with E-state index < -0.39 is 0 Å². The third kappa shape index (κ3) is 3.10. The topological polar surface area (TPSA) is 32.7 Å². The van der Waals surface area contributed by atoms with Crippen LogP contribution in [0.15, 0.2) is 12.1 Å². The molecule has 106 valence electrons. The second-order valence-corrected chi connectivity index (χ2v) is 5.48. The van der Waals surface area contributed by atoms with Crippen molar-refractivity contribution in [3.05, 3.63) is 28.8 Å². The van der Waals surface area contributed by atoms with E-state index in [1.807, 2.05) is 0 Å². The van der Waals surface area contributed by atoms with Crippen LogP contribution < -0.4 is 4.74 Å². The number of aliphatic hydroxyl groups excluding tert-OH is 1. The molecule has 1 saturated heterocycles. The molecule has 3 nitrogen and oxygen atoms in total. The van der Waals surface area contributed by atoms with Gasteiger partial charge in [-0.1, -0.05) is 12.5 Å². The summed E-state index contributed by atoms with van der Waals surface area (Å²) >= 11 is 0. The van der Waals surface area contributed by atoms with Crippen LogP contribution in [0.3, 0.4) is 0 Å². The molecule has 19 heavy (non-hydrogen) atoms. The Labute approximate surface area is 116 Å². The Kier molecular flexibility index (Phi) is 4.83. The number of likely N-dealkylation sites (tertiary alicyclic amines) is 1. The van der Waals surface area contributed by atoms with Crippen LogP contribution in [0.5, 0.6) is 5.75 Å². The monoisotopic (exact) mass is 263 g/mol. The first kappa shape index (κ1) is 14.4. The third-order valence-electron chi connectivity index (χ3n) is 4.40.